The predicted octanol–water partition coefficient (Wildman–Crippen LogP) is 7.39. The summed E-state index contributed by atoms with van der Waals surface area (Å²) in [6.45, 7) is 4.79. The van der Waals surface area contributed by atoms with E-state index in [9.17, 15) is 9.59 Å². The monoisotopic (exact) mass is 557 g/mol. The van der Waals surface area contributed by atoms with E-state index in [-0.39, 0.29) is 30.9 Å². The van der Waals surface area contributed by atoms with Crippen molar-refractivity contribution in [2.45, 2.75) is 20.5 Å². The summed E-state index contributed by atoms with van der Waals surface area (Å²) in [5.74, 6) is 1.11. The summed E-state index contributed by atoms with van der Waals surface area (Å²) < 4.78 is 17.4. The number of imide groups is 1. The first-order valence-corrected chi connectivity index (χ1v) is 13.2. The first-order valence-electron chi connectivity index (χ1n) is 11.6. The number of hydrogen-bond donors (Lipinski definition) is 0. The zero-order valence-corrected chi connectivity index (χ0v) is 22.7. The van der Waals surface area contributed by atoms with Crippen molar-refractivity contribution in [2.24, 2.45) is 0 Å². The predicted molar refractivity (Wildman–Crippen MR) is 148 cm³/mol. The number of rotatable bonds is 10. The number of thioether (sulfide) groups is 1. The van der Waals surface area contributed by atoms with E-state index in [0.29, 0.717) is 44.4 Å². The highest BCUT2D eigenvalue weighted by molar-refractivity contribution is 8.18. The van der Waals surface area contributed by atoms with Crippen molar-refractivity contribution in [1.29, 1.82) is 0 Å². The van der Waals surface area contributed by atoms with Crippen LogP contribution in [0.25, 0.3) is 6.08 Å². The first-order chi connectivity index (χ1) is 17.9. The highest BCUT2D eigenvalue weighted by atomic mass is 35.5. The molecule has 1 fully saturated rings. The highest BCUT2D eigenvalue weighted by Gasteiger charge is 2.35. The van der Waals surface area contributed by atoms with Crippen molar-refractivity contribution in [3.05, 3.63) is 92.3 Å². The Bertz CT molecular complexity index is 1330. The van der Waals surface area contributed by atoms with Crippen LogP contribution in [0.15, 0.2) is 65.6 Å². The van der Waals surface area contributed by atoms with Crippen LogP contribution in [0.2, 0.25) is 10.0 Å². The molecular formula is C28H25Cl2NO5S. The fourth-order valence-electron chi connectivity index (χ4n) is 3.57. The molecule has 0 bridgehead atoms. The van der Waals surface area contributed by atoms with E-state index in [1.165, 1.54) is 4.90 Å². The second-order valence-corrected chi connectivity index (χ2v) is 9.95. The number of hydrogen-bond acceptors (Lipinski definition) is 6. The quantitative estimate of drug-likeness (QED) is 0.242. The SMILES string of the molecule is CCOc1cc(/C=C2\SC(=O)N(CCOc3ccc(C)cc3)C2=O)cc(Cl)c1OCc1ccccc1Cl. The molecule has 3 aromatic carbocycles. The molecule has 2 amide bonds. The number of carbonyl (C=O) groups excluding carboxylic acids is 2. The lowest BCUT2D eigenvalue weighted by Gasteiger charge is -2.15. The Balaban J connectivity index is 1.46. The van der Waals surface area contributed by atoms with Gasteiger partial charge in [0, 0.05) is 10.6 Å². The Labute approximate surface area is 230 Å². The summed E-state index contributed by atoms with van der Waals surface area (Å²) in [6.07, 6.45) is 1.62. The smallest absolute Gasteiger partial charge is 0.293 e. The lowest BCUT2D eigenvalue weighted by Crippen LogP contribution is -2.32. The van der Waals surface area contributed by atoms with Gasteiger partial charge in [-0.1, -0.05) is 59.1 Å². The molecular weight excluding hydrogens is 533 g/mol. The number of amides is 2. The van der Waals surface area contributed by atoms with Crippen molar-refractivity contribution in [2.75, 3.05) is 19.8 Å². The van der Waals surface area contributed by atoms with Gasteiger partial charge in [-0.2, -0.15) is 0 Å². The molecule has 1 aliphatic heterocycles. The summed E-state index contributed by atoms with van der Waals surface area (Å²) in [6, 6.07) is 18.3. The molecule has 0 atom stereocenters. The molecule has 37 heavy (non-hydrogen) atoms. The number of benzene rings is 3. The van der Waals surface area contributed by atoms with E-state index < -0.39 is 0 Å². The highest BCUT2D eigenvalue weighted by Crippen LogP contribution is 2.39. The third-order valence-corrected chi connectivity index (χ3v) is 6.99. The number of ether oxygens (including phenoxy) is 3. The van der Waals surface area contributed by atoms with Crippen LogP contribution >= 0.6 is 35.0 Å². The molecule has 1 saturated heterocycles. The van der Waals surface area contributed by atoms with E-state index in [0.717, 1.165) is 22.9 Å². The van der Waals surface area contributed by atoms with Crippen LogP contribution in [0.1, 0.15) is 23.6 Å². The molecule has 3 aromatic rings. The van der Waals surface area contributed by atoms with Crippen LogP contribution in [0.3, 0.4) is 0 Å². The number of nitrogens with zero attached hydrogens (tertiary/aromatic N) is 1. The zero-order chi connectivity index (χ0) is 26.4. The van der Waals surface area contributed by atoms with Gasteiger partial charge in [-0.15, -0.1) is 0 Å². The molecule has 192 valence electrons. The Hall–Kier alpha value is -3.13. The topological polar surface area (TPSA) is 65.1 Å². The summed E-state index contributed by atoms with van der Waals surface area (Å²) in [7, 11) is 0. The van der Waals surface area contributed by atoms with Crippen LogP contribution in [0.5, 0.6) is 17.2 Å². The maximum absolute atomic E-state index is 12.9. The van der Waals surface area contributed by atoms with E-state index in [2.05, 4.69) is 0 Å². The second kappa shape index (κ2) is 12.4. The molecule has 0 saturated carbocycles. The van der Waals surface area contributed by atoms with Gasteiger partial charge in [0.1, 0.15) is 19.0 Å². The Morgan fingerprint density at radius 3 is 2.43 bits per heavy atom. The Kier molecular flexibility index (Phi) is 9.03. The van der Waals surface area contributed by atoms with E-state index >= 15 is 0 Å². The first kappa shape index (κ1) is 26.9. The van der Waals surface area contributed by atoms with Crippen molar-refractivity contribution >= 4 is 52.2 Å². The Morgan fingerprint density at radius 2 is 1.70 bits per heavy atom. The van der Waals surface area contributed by atoms with Crippen LogP contribution in [0, 0.1) is 6.92 Å². The van der Waals surface area contributed by atoms with Gasteiger partial charge in [0.2, 0.25) is 0 Å². The maximum Gasteiger partial charge on any atom is 0.293 e. The van der Waals surface area contributed by atoms with Gasteiger partial charge in [-0.25, -0.2) is 0 Å². The molecule has 1 heterocycles. The third kappa shape index (κ3) is 6.80. The molecule has 0 radical (unpaired) electrons. The number of carbonyl (C=O) groups is 2. The van der Waals surface area contributed by atoms with Crippen LogP contribution in [-0.4, -0.2) is 35.8 Å². The summed E-state index contributed by atoms with van der Waals surface area (Å²) >= 11 is 13.6. The minimum absolute atomic E-state index is 0.148. The average molecular weight is 558 g/mol. The molecule has 0 spiro atoms. The molecule has 1 aliphatic rings. The fraction of sp³-hybridized carbons (Fsp3) is 0.214. The molecule has 0 aliphatic carbocycles. The fourth-order valence-corrected chi connectivity index (χ4v) is 4.90. The largest absolute Gasteiger partial charge is 0.492 e. The average Bonchev–Trinajstić information content (AvgIpc) is 3.13. The molecule has 6 nitrogen and oxygen atoms in total. The van der Waals surface area contributed by atoms with Gasteiger partial charge in [0.05, 0.1) is 23.1 Å². The normalized spacial score (nSPS) is 14.4. The van der Waals surface area contributed by atoms with Gasteiger partial charge in [0.15, 0.2) is 11.5 Å². The van der Waals surface area contributed by atoms with E-state index in [1.54, 1.807) is 24.3 Å². The van der Waals surface area contributed by atoms with Crippen LogP contribution in [-0.2, 0) is 11.4 Å². The summed E-state index contributed by atoms with van der Waals surface area (Å²) in [5, 5.41) is 0.558. The molecule has 4 rings (SSSR count). The van der Waals surface area contributed by atoms with Gasteiger partial charge < -0.3 is 14.2 Å². The van der Waals surface area contributed by atoms with Gasteiger partial charge in [-0.05, 0) is 67.6 Å². The lowest BCUT2D eigenvalue weighted by atomic mass is 10.1. The molecule has 9 heteroatoms. The zero-order valence-electron chi connectivity index (χ0n) is 20.3. The molecule has 0 N–H and O–H groups in total. The van der Waals surface area contributed by atoms with Crippen molar-refractivity contribution in [1.82, 2.24) is 4.90 Å². The van der Waals surface area contributed by atoms with E-state index in [4.69, 9.17) is 37.4 Å². The summed E-state index contributed by atoms with van der Waals surface area (Å²) in [4.78, 5) is 26.9. The summed E-state index contributed by atoms with van der Waals surface area (Å²) in [5.41, 5.74) is 2.54. The van der Waals surface area contributed by atoms with E-state index in [1.807, 2.05) is 56.3 Å². The van der Waals surface area contributed by atoms with Gasteiger partial charge in [0.25, 0.3) is 11.1 Å². The van der Waals surface area contributed by atoms with Crippen molar-refractivity contribution in [3.63, 3.8) is 0 Å². The minimum atomic E-state index is -0.379. The molecule has 0 aromatic heterocycles. The standard InChI is InChI=1S/C28H25Cl2NO5S/c1-3-34-24-15-19(14-23(30)26(24)36-17-20-6-4-5-7-22(20)29)16-25-27(32)31(28(33)37-25)12-13-35-21-10-8-18(2)9-11-21/h4-11,14-16H,3,12-13,17H2,1-2H3/b25-16-. The van der Waals surface area contributed by atoms with Crippen molar-refractivity contribution < 1.29 is 23.8 Å². The molecule has 0 unspecified atom stereocenters. The third-order valence-electron chi connectivity index (χ3n) is 5.44. The Morgan fingerprint density at radius 1 is 0.946 bits per heavy atom. The maximum atomic E-state index is 12.9. The lowest BCUT2D eigenvalue weighted by molar-refractivity contribution is -0.123. The number of halogens is 2. The van der Waals surface area contributed by atoms with Crippen molar-refractivity contribution in [3.8, 4) is 17.2 Å². The van der Waals surface area contributed by atoms with Crippen LogP contribution in [0.4, 0.5) is 4.79 Å². The van der Waals surface area contributed by atoms with Gasteiger partial charge >= 0.3 is 0 Å². The minimum Gasteiger partial charge on any atom is -0.492 e. The number of aryl methyl sites for hydroxylation is 1. The van der Waals surface area contributed by atoms with Gasteiger partial charge in [-0.3, -0.25) is 14.5 Å². The van der Waals surface area contributed by atoms with Crippen LogP contribution < -0.4 is 14.2 Å². The second-order valence-electron chi connectivity index (χ2n) is 8.14.